The summed E-state index contributed by atoms with van der Waals surface area (Å²) in [4.78, 5) is 24.9. The maximum atomic E-state index is 12.7. The third-order valence-electron chi connectivity index (χ3n) is 4.14. The molecular formula is C19H20Cl3N3O5S. The van der Waals surface area contributed by atoms with Gasteiger partial charge in [0.25, 0.3) is 11.8 Å². The lowest BCUT2D eigenvalue weighted by Gasteiger charge is -2.22. The molecule has 0 aliphatic rings. The quantitative estimate of drug-likeness (QED) is 0.496. The first-order chi connectivity index (χ1) is 14.5. The fourth-order valence-electron chi connectivity index (χ4n) is 2.49. The van der Waals surface area contributed by atoms with E-state index in [4.69, 9.17) is 39.5 Å². The number of rotatable bonds is 7. The Labute approximate surface area is 195 Å². The van der Waals surface area contributed by atoms with Crippen LogP contribution in [0.1, 0.15) is 24.2 Å². The summed E-state index contributed by atoms with van der Waals surface area (Å²) in [6.07, 6.45) is 0. The van der Waals surface area contributed by atoms with Gasteiger partial charge in [0.1, 0.15) is 11.8 Å². The van der Waals surface area contributed by atoms with E-state index >= 15 is 0 Å². The van der Waals surface area contributed by atoms with Gasteiger partial charge < -0.3 is 4.74 Å². The molecule has 8 nitrogen and oxygen atoms in total. The van der Waals surface area contributed by atoms with E-state index in [2.05, 4.69) is 15.6 Å². The Balaban J connectivity index is 2.14. The molecule has 2 amide bonds. The van der Waals surface area contributed by atoms with Crippen molar-refractivity contribution >= 4 is 56.6 Å². The first-order valence-electron chi connectivity index (χ1n) is 8.87. The average Bonchev–Trinajstić information content (AvgIpc) is 2.71. The number of nitrogens with one attached hydrogen (secondary N) is 3. The van der Waals surface area contributed by atoms with Crippen LogP contribution in [0, 0.1) is 5.92 Å². The predicted octanol–water partition coefficient (Wildman–Crippen LogP) is 3.42. The molecule has 31 heavy (non-hydrogen) atoms. The van der Waals surface area contributed by atoms with Gasteiger partial charge in [-0.1, -0.05) is 48.7 Å². The Morgan fingerprint density at radius 2 is 1.65 bits per heavy atom. The SMILES string of the molecule is COc1ccc(Cl)cc1C(=O)NNC(=O)[C@H](NS(=O)(=O)c1ccc(Cl)c(Cl)c1)C(C)C. The van der Waals surface area contributed by atoms with E-state index < -0.39 is 33.8 Å². The Morgan fingerprint density at radius 1 is 0.968 bits per heavy atom. The van der Waals surface area contributed by atoms with Crippen LogP contribution in [-0.2, 0) is 14.8 Å². The fourth-order valence-corrected chi connectivity index (χ4v) is 4.40. The maximum absolute atomic E-state index is 12.7. The van der Waals surface area contributed by atoms with Crippen LogP contribution in [0.15, 0.2) is 41.3 Å². The van der Waals surface area contributed by atoms with Crippen LogP contribution in [0.2, 0.25) is 15.1 Å². The number of methoxy groups -OCH3 is 1. The molecule has 3 N–H and O–H groups in total. The molecule has 0 radical (unpaired) electrons. The zero-order valence-electron chi connectivity index (χ0n) is 16.7. The van der Waals surface area contributed by atoms with Crippen molar-refractivity contribution in [1.82, 2.24) is 15.6 Å². The first-order valence-corrected chi connectivity index (χ1v) is 11.5. The Kier molecular flexibility index (Phi) is 8.56. The molecule has 0 aliphatic carbocycles. The Hall–Kier alpha value is -2.04. The number of benzene rings is 2. The summed E-state index contributed by atoms with van der Waals surface area (Å²) < 4.78 is 32.8. The third kappa shape index (κ3) is 6.47. The van der Waals surface area contributed by atoms with Crippen molar-refractivity contribution < 1.29 is 22.7 Å². The number of hydrogen-bond donors (Lipinski definition) is 3. The lowest BCUT2D eigenvalue weighted by Crippen LogP contribution is -2.54. The van der Waals surface area contributed by atoms with Crippen molar-refractivity contribution in [3.8, 4) is 5.75 Å². The van der Waals surface area contributed by atoms with Crippen molar-refractivity contribution in [3.05, 3.63) is 57.0 Å². The van der Waals surface area contributed by atoms with Crippen LogP contribution in [0.25, 0.3) is 0 Å². The number of carbonyl (C=O) groups excluding carboxylic acids is 2. The van der Waals surface area contributed by atoms with Gasteiger partial charge >= 0.3 is 0 Å². The maximum Gasteiger partial charge on any atom is 0.273 e. The van der Waals surface area contributed by atoms with Gasteiger partial charge in [-0.05, 0) is 42.3 Å². The summed E-state index contributed by atoms with van der Waals surface area (Å²) in [7, 11) is -2.72. The van der Waals surface area contributed by atoms with E-state index in [0.29, 0.717) is 5.02 Å². The van der Waals surface area contributed by atoms with Crippen molar-refractivity contribution in [2.45, 2.75) is 24.8 Å². The second kappa shape index (κ2) is 10.5. The third-order valence-corrected chi connectivity index (χ3v) is 6.55. The van der Waals surface area contributed by atoms with Gasteiger partial charge in [-0.3, -0.25) is 20.4 Å². The van der Waals surface area contributed by atoms with E-state index in [-0.39, 0.29) is 26.3 Å². The van der Waals surface area contributed by atoms with Crippen LogP contribution in [0.3, 0.4) is 0 Å². The van der Waals surface area contributed by atoms with Crippen LogP contribution in [0.5, 0.6) is 5.75 Å². The summed E-state index contributed by atoms with van der Waals surface area (Å²) in [5.74, 6) is -1.66. The smallest absolute Gasteiger partial charge is 0.273 e. The highest BCUT2D eigenvalue weighted by Crippen LogP contribution is 2.25. The lowest BCUT2D eigenvalue weighted by molar-refractivity contribution is -0.124. The van der Waals surface area contributed by atoms with Gasteiger partial charge in [0, 0.05) is 5.02 Å². The summed E-state index contributed by atoms with van der Waals surface area (Å²) in [5.41, 5.74) is 4.53. The second-order valence-corrected chi connectivity index (χ2v) is 9.67. The minimum atomic E-state index is -4.10. The minimum absolute atomic E-state index is 0.0535. The molecular weight excluding hydrogens is 489 g/mol. The number of hydrogen-bond acceptors (Lipinski definition) is 5. The molecule has 0 fully saturated rings. The van der Waals surface area contributed by atoms with Gasteiger partial charge in [-0.15, -0.1) is 0 Å². The van der Waals surface area contributed by atoms with Crippen molar-refractivity contribution in [2.75, 3.05) is 7.11 Å². The molecule has 1 atom stereocenters. The number of sulfonamides is 1. The molecule has 168 valence electrons. The summed E-state index contributed by atoms with van der Waals surface area (Å²) in [6, 6.07) is 6.99. The van der Waals surface area contributed by atoms with Crippen molar-refractivity contribution in [3.63, 3.8) is 0 Å². The van der Waals surface area contributed by atoms with Crippen LogP contribution in [0.4, 0.5) is 0 Å². The molecule has 0 aromatic heterocycles. The zero-order valence-corrected chi connectivity index (χ0v) is 19.8. The van der Waals surface area contributed by atoms with Crippen LogP contribution < -0.4 is 20.3 Å². The average molecular weight is 509 g/mol. The molecule has 0 unspecified atom stereocenters. The van der Waals surface area contributed by atoms with Crippen molar-refractivity contribution in [1.29, 1.82) is 0 Å². The first kappa shape index (κ1) is 25.2. The zero-order chi connectivity index (χ0) is 23.3. The second-order valence-electron chi connectivity index (χ2n) is 6.71. The highest BCUT2D eigenvalue weighted by atomic mass is 35.5. The molecule has 0 saturated heterocycles. The van der Waals surface area contributed by atoms with Gasteiger partial charge in [-0.25, -0.2) is 8.42 Å². The molecule has 0 aliphatic heterocycles. The minimum Gasteiger partial charge on any atom is -0.496 e. The van der Waals surface area contributed by atoms with Crippen LogP contribution >= 0.6 is 34.8 Å². The van der Waals surface area contributed by atoms with Crippen molar-refractivity contribution in [2.24, 2.45) is 5.92 Å². The topological polar surface area (TPSA) is 114 Å². The summed E-state index contributed by atoms with van der Waals surface area (Å²) >= 11 is 17.6. The molecule has 0 heterocycles. The predicted molar refractivity (Wildman–Crippen MR) is 119 cm³/mol. The highest BCUT2D eigenvalue weighted by Gasteiger charge is 2.29. The molecule has 0 spiro atoms. The molecule has 12 heteroatoms. The monoisotopic (exact) mass is 507 g/mol. The Bertz CT molecular complexity index is 1090. The number of hydrazine groups is 1. The molecule has 2 aromatic rings. The Morgan fingerprint density at radius 3 is 2.23 bits per heavy atom. The molecule has 0 saturated carbocycles. The van der Waals surface area contributed by atoms with E-state index in [0.717, 1.165) is 0 Å². The molecule has 2 rings (SSSR count). The summed E-state index contributed by atoms with van der Waals surface area (Å²) in [5, 5.41) is 0.544. The summed E-state index contributed by atoms with van der Waals surface area (Å²) in [6.45, 7) is 3.28. The van der Waals surface area contributed by atoms with Gasteiger partial charge in [0.2, 0.25) is 10.0 Å². The molecule has 2 aromatic carbocycles. The normalized spacial score (nSPS) is 12.4. The standard InChI is InChI=1S/C19H20Cl3N3O5S/c1-10(2)17(25-31(28,29)12-5-6-14(21)15(22)9-12)19(27)24-23-18(26)13-8-11(20)4-7-16(13)30-3/h4-10,17,25H,1-3H3,(H,23,26)(H,24,27)/t17-/m1/s1. The van der Waals surface area contributed by atoms with E-state index in [9.17, 15) is 18.0 Å². The van der Waals surface area contributed by atoms with Gasteiger partial charge in [0.05, 0.1) is 27.6 Å². The number of halogens is 3. The van der Waals surface area contributed by atoms with Crippen LogP contribution in [-0.4, -0.2) is 33.4 Å². The number of amides is 2. The number of carbonyl (C=O) groups is 2. The van der Waals surface area contributed by atoms with E-state index in [1.54, 1.807) is 19.9 Å². The van der Waals surface area contributed by atoms with Gasteiger partial charge in [0.15, 0.2) is 0 Å². The molecule has 0 bridgehead atoms. The highest BCUT2D eigenvalue weighted by molar-refractivity contribution is 7.89. The lowest BCUT2D eigenvalue weighted by atomic mass is 10.1. The van der Waals surface area contributed by atoms with E-state index in [1.165, 1.54) is 37.4 Å². The van der Waals surface area contributed by atoms with Gasteiger partial charge in [-0.2, -0.15) is 4.72 Å². The fraction of sp³-hybridized carbons (Fsp3) is 0.263. The number of ether oxygens (including phenoxy) is 1. The largest absolute Gasteiger partial charge is 0.496 e. The van der Waals surface area contributed by atoms with E-state index in [1.807, 2.05) is 0 Å².